The average molecular weight is 939 g/mol. The highest BCUT2D eigenvalue weighted by atomic mass is 79.9. The predicted octanol–water partition coefficient (Wildman–Crippen LogP) is 4.62. The molecule has 1 aromatic carbocycles. The minimum absolute atomic E-state index is 0.0125. The van der Waals surface area contributed by atoms with Crippen LogP contribution in [0.5, 0.6) is 0 Å². The van der Waals surface area contributed by atoms with E-state index >= 15 is 0 Å². The number of amides is 3. The first-order chi connectivity index (χ1) is 29.8. The summed E-state index contributed by atoms with van der Waals surface area (Å²) >= 11 is 3.04. The Hall–Kier alpha value is -3.76. The molecule has 10 atom stereocenters. The zero-order valence-corrected chi connectivity index (χ0v) is 38.7. The molecule has 344 valence electrons. The van der Waals surface area contributed by atoms with E-state index in [-0.39, 0.29) is 66.1 Å². The zero-order chi connectivity index (χ0) is 45.5. The number of aliphatic hydroxyl groups excluding tert-OH is 2. The Morgan fingerprint density at radius 3 is 2.40 bits per heavy atom. The van der Waals surface area contributed by atoms with Crippen molar-refractivity contribution >= 4 is 51.2 Å². The molecule has 1 aliphatic heterocycles. The second-order valence-corrected chi connectivity index (χ2v) is 20.7. The Morgan fingerprint density at radius 1 is 1.02 bits per heavy atom. The van der Waals surface area contributed by atoms with Gasteiger partial charge in [0.25, 0.3) is 0 Å². The molecule has 0 spiro atoms. The Balaban J connectivity index is 0.945. The molecule has 0 bridgehead atoms. The van der Waals surface area contributed by atoms with Gasteiger partial charge in [-0.3, -0.25) is 28.8 Å². The topological polar surface area (TPSA) is 207 Å². The van der Waals surface area contributed by atoms with E-state index in [1.807, 2.05) is 25.1 Å². The van der Waals surface area contributed by atoms with Crippen LogP contribution in [0.1, 0.15) is 116 Å². The maximum absolute atomic E-state index is 14.0. The smallest absolute Gasteiger partial charge is 0.306 e. The number of nitrogens with one attached hydrogen (secondary N) is 3. The minimum atomic E-state index is -1.42. The van der Waals surface area contributed by atoms with E-state index in [1.165, 1.54) is 0 Å². The van der Waals surface area contributed by atoms with Crippen LogP contribution in [0.4, 0.5) is 0 Å². The number of carbonyl (C=O) groups excluding carboxylic acids is 6. The molecule has 0 radical (unpaired) electrons. The van der Waals surface area contributed by atoms with E-state index in [0.717, 1.165) is 61.6 Å². The molecule has 63 heavy (non-hydrogen) atoms. The Kier molecular flexibility index (Phi) is 14.0. The fourth-order valence-electron chi connectivity index (χ4n) is 12.2. The number of halogens is 1. The first kappa shape index (κ1) is 47.2. The number of fused-ring (bicyclic) bond motifs is 7. The number of hydrogen-bond acceptors (Lipinski definition) is 11. The predicted molar refractivity (Wildman–Crippen MR) is 235 cm³/mol. The van der Waals surface area contributed by atoms with Gasteiger partial charge in [-0.25, -0.2) is 0 Å². The van der Waals surface area contributed by atoms with E-state index in [0.29, 0.717) is 18.8 Å². The monoisotopic (exact) mass is 937 g/mol. The minimum Gasteiger partial charge on any atom is -0.460 e. The van der Waals surface area contributed by atoms with Crippen molar-refractivity contribution in [2.45, 2.75) is 147 Å². The van der Waals surface area contributed by atoms with Gasteiger partial charge in [-0.2, -0.15) is 0 Å². The summed E-state index contributed by atoms with van der Waals surface area (Å²) < 4.78 is 18.8. The quantitative estimate of drug-likeness (QED) is 0.129. The van der Waals surface area contributed by atoms with Crippen LogP contribution >= 0.6 is 15.9 Å². The number of Topliss-reactive ketones (excluding diaryl/α,β-unsaturated/α-hetero) is 1. The van der Waals surface area contributed by atoms with Gasteiger partial charge in [0.1, 0.15) is 18.2 Å². The van der Waals surface area contributed by atoms with Crippen LogP contribution in [-0.2, 0) is 49.4 Å². The molecule has 1 heterocycles. The number of carbonyl (C=O) groups is 6. The third-order valence-electron chi connectivity index (χ3n) is 15.0. The fourth-order valence-corrected chi connectivity index (χ4v) is 12.4. The summed E-state index contributed by atoms with van der Waals surface area (Å²) in [4.78, 5) is 76.4. The lowest BCUT2D eigenvalue weighted by atomic mass is 9.46. The van der Waals surface area contributed by atoms with Crippen molar-refractivity contribution in [2.24, 2.45) is 34.5 Å². The SMILES string of the molecule is CC(C)(C)OC(=O)CC[C@H](NC(=O)CNC(=O)CBr)C(=O)NC1CCC(Cc2ccc([C@@H]3O[C@@H]4C[C@H]5[C@@H]6CCC7=CC(=O)C=C[C@]7(C)[C@H]6[C@@H](O)C[C@]5(C)[C@]4(C(=O)CO)O3)cc2)CC1. The van der Waals surface area contributed by atoms with E-state index in [4.69, 9.17) is 14.2 Å². The number of hydrogen-bond donors (Lipinski definition) is 5. The van der Waals surface area contributed by atoms with Gasteiger partial charge in [0.2, 0.25) is 17.7 Å². The standard InChI is InChI=1S/C48H64BrN3O11/c1-45(2,3)62-41(59)17-16-35(52-40(58)25-50-39(57)24-49)43(60)51-31-13-8-28(9-14-31)20-27-6-10-29(11-7-27)44-61-38-22-34-33-15-12-30-21-32(54)18-19-46(30,4)42(33)36(55)23-47(34,5)48(38,63-44)37(56)26-53/h6-7,10-11,18-19,21,28,31,33-36,38,42,44,53,55H,8-9,12-17,20,22-26H2,1-5H3,(H,50,57)(H,51,60)(H,52,58)/t28?,31?,33-,34-,35-,36-,38+,42+,44+,46-,47-,48+/m0/s1. The van der Waals surface area contributed by atoms with Gasteiger partial charge < -0.3 is 40.4 Å². The molecule has 7 rings (SSSR count). The largest absolute Gasteiger partial charge is 0.460 e. The summed E-state index contributed by atoms with van der Waals surface area (Å²) in [5.74, 6) is -1.85. The van der Waals surface area contributed by atoms with Crippen LogP contribution in [0.2, 0.25) is 0 Å². The lowest BCUT2D eigenvalue weighted by Crippen LogP contribution is -2.63. The Labute approximate surface area is 378 Å². The molecule has 5 N–H and O–H groups in total. The summed E-state index contributed by atoms with van der Waals surface area (Å²) in [6, 6.07) is 6.97. The molecule has 0 aromatic heterocycles. The summed E-state index contributed by atoms with van der Waals surface area (Å²) in [7, 11) is 0. The van der Waals surface area contributed by atoms with E-state index in [2.05, 4.69) is 50.9 Å². The number of alkyl halides is 1. The number of allylic oxidation sites excluding steroid dienone is 4. The van der Waals surface area contributed by atoms with Gasteiger partial charge in [-0.05, 0) is 120 Å². The summed E-state index contributed by atoms with van der Waals surface area (Å²) in [5, 5.41) is 30.6. The molecule has 4 saturated carbocycles. The summed E-state index contributed by atoms with van der Waals surface area (Å²) in [6.45, 7) is 8.44. The molecule has 5 aliphatic carbocycles. The second-order valence-electron chi connectivity index (χ2n) is 20.2. The van der Waals surface area contributed by atoms with Crippen LogP contribution in [-0.4, -0.2) is 99.4 Å². The zero-order valence-electron chi connectivity index (χ0n) is 37.1. The van der Waals surface area contributed by atoms with Gasteiger partial charge in [0.05, 0.1) is 24.1 Å². The normalized spacial score (nSPS) is 34.9. The van der Waals surface area contributed by atoms with Crippen molar-refractivity contribution < 1.29 is 53.2 Å². The lowest BCUT2D eigenvalue weighted by molar-refractivity contribution is -0.201. The van der Waals surface area contributed by atoms with Gasteiger partial charge in [-0.15, -0.1) is 0 Å². The van der Waals surface area contributed by atoms with Crippen LogP contribution in [0.25, 0.3) is 0 Å². The molecule has 6 aliphatic rings. The Morgan fingerprint density at radius 2 is 1.73 bits per heavy atom. The van der Waals surface area contributed by atoms with Crippen LogP contribution in [0.3, 0.4) is 0 Å². The second kappa shape index (κ2) is 18.6. The molecular formula is C48H64BrN3O11. The van der Waals surface area contributed by atoms with Gasteiger partial charge in [0.15, 0.2) is 23.5 Å². The third-order valence-corrected chi connectivity index (χ3v) is 15.5. The Bertz CT molecular complexity index is 2010. The number of benzene rings is 1. The number of ether oxygens (including phenoxy) is 3. The highest BCUT2D eigenvalue weighted by Crippen LogP contribution is 2.70. The average Bonchev–Trinajstić information content (AvgIpc) is 3.74. The van der Waals surface area contributed by atoms with E-state index < -0.39 is 70.8 Å². The van der Waals surface area contributed by atoms with Crippen molar-refractivity contribution in [3.63, 3.8) is 0 Å². The van der Waals surface area contributed by atoms with Crippen molar-refractivity contribution in [3.8, 4) is 0 Å². The molecule has 3 amide bonds. The maximum atomic E-state index is 14.0. The molecule has 14 nitrogen and oxygen atoms in total. The van der Waals surface area contributed by atoms with Crippen molar-refractivity contribution in [2.75, 3.05) is 18.5 Å². The first-order valence-corrected chi connectivity index (χ1v) is 23.7. The molecule has 0 unspecified atom stereocenters. The van der Waals surface area contributed by atoms with Crippen molar-refractivity contribution in [1.29, 1.82) is 0 Å². The number of rotatable bonds is 14. The van der Waals surface area contributed by atoms with Gasteiger partial charge in [-0.1, -0.05) is 65.7 Å². The molecule has 1 aromatic rings. The number of ketones is 2. The molecule has 5 fully saturated rings. The van der Waals surface area contributed by atoms with Gasteiger partial charge in [0, 0.05) is 34.8 Å². The van der Waals surface area contributed by atoms with Crippen molar-refractivity contribution in [3.05, 3.63) is 59.2 Å². The maximum Gasteiger partial charge on any atom is 0.306 e. The molecular weight excluding hydrogens is 874 g/mol. The number of aliphatic hydroxyl groups is 2. The lowest BCUT2D eigenvalue weighted by Gasteiger charge is -2.59. The fraction of sp³-hybridized carbons (Fsp3) is 0.667. The van der Waals surface area contributed by atoms with Crippen molar-refractivity contribution in [1.82, 2.24) is 16.0 Å². The summed E-state index contributed by atoms with van der Waals surface area (Å²) in [6.07, 6.45) is 9.64. The first-order valence-electron chi connectivity index (χ1n) is 22.6. The third kappa shape index (κ3) is 9.50. The van der Waals surface area contributed by atoms with Crippen LogP contribution in [0, 0.1) is 34.5 Å². The highest BCUT2D eigenvalue weighted by Gasteiger charge is 2.76. The molecule has 15 heteroatoms. The van der Waals surface area contributed by atoms with E-state index in [9.17, 15) is 39.0 Å². The van der Waals surface area contributed by atoms with Gasteiger partial charge >= 0.3 is 5.97 Å². The highest BCUT2D eigenvalue weighted by molar-refractivity contribution is 9.09. The van der Waals surface area contributed by atoms with Crippen LogP contribution < -0.4 is 16.0 Å². The summed E-state index contributed by atoms with van der Waals surface area (Å²) in [5.41, 5.74) is -0.368. The molecule has 1 saturated heterocycles. The van der Waals surface area contributed by atoms with E-state index in [1.54, 1.807) is 32.9 Å². The van der Waals surface area contributed by atoms with Crippen LogP contribution in [0.15, 0.2) is 48.1 Å². The number of esters is 1.